The Labute approximate surface area is 237 Å². The van der Waals surface area contributed by atoms with Crippen molar-refractivity contribution in [2.45, 2.75) is 26.4 Å². The van der Waals surface area contributed by atoms with Gasteiger partial charge in [0.15, 0.2) is 4.80 Å². The molecule has 0 fully saturated rings. The molecule has 2 aromatic heterocycles. The van der Waals surface area contributed by atoms with E-state index < -0.39 is 17.8 Å². The van der Waals surface area contributed by atoms with Crippen LogP contribution in [0.4, 0.5) is 8.78 Å². The van der Waals surface area contributed by atoms with Gasteiger partial charge in [-0.2, -0.15) is 0 Å². The summed E-state index contributed by atoms with van der Waals surface area (Å²) in [5.41, 5.74) is 3.71. The van der Waals surface area contributed by atoms with E-state index in [4.69, 9.17) is 4.74 Å². The maximum absolute atomic E-state index is 14.0. The molecule has 41 heavy (non-hydrogen) atoms. The van der Waals surface area contributed by atoms with E-state index in [1.165, 1.54) is 40.2 Å². The maximum Gasteiger partial charge on any atom is 0.338 e. The van der Waals surface area contributed by atoms with E-state index in [1.54, 1.807) is 38.1 Å². The summed E-state index contributed by atoms with van der Waals surface area (Å²) in [6, 6.07) is 19.2. The normalized spacial score (nSPS) is 15.2. The first-order valence-electron chi connectivity index (χ1n) is 13.1. The molecule has 0 bridgehead atoms. The molecule has 1 aliphatic heterocycles. The highest BCUT2D eigenvalue weighted by Gasteiger charge is 2.33. The van der Waals surface area contributed by atoms with Crippen molar-refractivity contribution < 1.29 is 18.3 Å². The second kappa shape index (κ2) is 10.7. The van der Waals surface area contributed by atoms with Crippen LogP contribution in [0.5, 0.6) is 0 Å². The number of aromatic nitrogens is 2. The highest BCUT2D eigenvalue weighted by Crippen LogP contribution is 2.31. The number of benzene rings is 3. The number of esters is 1. The highest BCUT2D eigenvalue weighted by atomic mass is 32.1. The van der Waals surface area contributed by atoms with Gasteiger partial charge in [-0.15, -0.1) is 0 Å². The molecule has 9 heteroatoms. The van der Waals surface area contributed by atoms with Gasteiger partial charge < -0.3 is 9.30 Å². The van der Waals surface area contributed by atoms with Crippen LogP contribution in [0.25, 0.3) is 17.0 Å². The number of halogens is 2. The lowest BCUT2D eigenvalue weighted by Gasteiger charge is -2.24. The van der Waals surface area contributed by atoms with Gasteiger partial charge >= 0.3 is 5.97 Å². The standard InChI is InChI=1S/C32H25F2N3O3S/c1-3-40-31(39)28-19(2)35-32-37(29(28)21-10-14-24(34)15-11-21)30(38)27(41-32)16-22-18-36(26-7-5-4-6-25(22)26)17-20-8-12-23(33)13-9-20/h4-16,18,29H,3,17H2,1-2H3/b27-16-/t29-/m1/s1. The second-order valence-corrected chi connectivity index (χ2v) is 10.7. The van der Waals surface area contributed by atoms with Crippen LogP contribution in [0.1, 0.15) is 36.6 Å². The summed E-state index contributed by atoms with van der Waals surface area (Å²) in [5.74, 6) is -1.28. The zero-order valence-electron chi connectivity index (χ0n) is 22.3. The fourth-order valence-corrected chi connectivity index (χ4v) is 6.24. The number of hydrogen-bond donors (Lipinski definition) is 0. The minimum atomic E-state index is -0.812. The molecule has 1 aliphatic rings. The SMILES string of the molecule is CCOC(=O)C1=C(C)N=c2s/c(=C\c3cn(Cc4ccc(F)cc4)c4ccccc34)c(=O)n2[C@@H]1c1ccc(F)cc1. The molecule has 0 saturated carbocycles. The first-order valence-corrected chi connectivity index (χ1v) is 13.9. The average Bonchev–Trinajstić information content (AvgIpc) is 3.46. The minimum Gasteiger partial charge on any atom is -0.463 e. The second-order valence-electron chi connectivity index (χ2n) is 9.71. The molecule has 0 saturated heterocycles. The summed E-state index contributed by atoms with van der Waals surface area (Å²) in [6.45, 7) is 4.12. The van der Waals surface area contributed by atoms with E-state index in [0.717, 1.165) is 22.0 Å². The Morgan fingerprint density at radius 3 is 2.41 bits per heavy atom. The molecule has 3 aromatic carbocycles. The Kier molecular flexibility index (Phi) is 6.96. The van der Waals surface area contributed by atoms with Crippen LogP contribution in [0.3, 0.4) is 0 Å². The lowest BCUT2D eigenvalue weighted by atomic mass is 9.96. The Morgan fingerprint density at radius 1 is 1.02 bits per heavy atom. The van der Waals surface area contributed by atoms with Crippen molar-refractivity contribution >= 4 is 34.3 Å². The zero-order valence-corrected chi connectivity index (χ0v) is 23.1. The largest absolute Gasteiger partial charge is 0.463 e. The van der Waals surface area contributed by atoms with Gasteiger partial charge in [0.1, 0.15) is 11.6 Å². The fourth-order valence-electron chi connectivity index (χ4n) is 5.20. The van der Waals surface area contributed by atoms with Gasteiger partial charge in [0.2, 0.25) is 0 Å². The van der Waals surface area contributed by atoms with Gasteiger partial charge in [-0.05, 0) is 61.4 Å². The number of carbonyl (C=O) groups is 1. The molecule has 6 rings (SSSR count). The molecule has 1 atom stereocenters. The molecule has 5 aromatic rings. The van der Waals surface area contributed by atoms with Gasteiger partial charge in [-0.1, -0.05) is 53.8 Å². The van der Waals surface area contributed by atoms with E-state index in [2.05, 4.69) is 9.56 Å². The third kappa shape index (κ3) is 4.93. The van der Waals surface area contributed by atoms with Crippen LogP contribution in [0.2, 0.25) is 0 Å². The van der Waals surface area contributed by atoms with Crippen LogP contribution >= 0.6 is 11.3 Å². The van der Waals surface area contributed by atoms with Gasteiger partial charge in [0, 0.05) is 29.2 Å². The molecule has 0 N–H and O–H groups in total. The number of rotatable bonds is 6. The molecule has 6 nitrogen and oxygen atoms in total. The summed E-state index contributed by atoms with van der Waals surface area (Å²) < 4.78 is 36.6. The average molecular weight is 570 g/mol. The Bertz CT molecular complexity index is 2000. The molecule has 0 aliphatic carbocycles. The number of para-hydroxylation sites is 1. The van der Waals surface area contributed by atoms with E-state index in [9.17, 15) is 18.4 Å². The third-order valence-electron chi connectivity index (χ3n) is 7.07. The summed E-state index contributed by atoms with van der Waals surface area (Å²) >= 11 is 1.23. The number of ether oxygens (including phenoxy) is 1. The van der Waals surface area contributed by atoms with Crippen molar-refractivity contribution in [3.05, 3.63) is 138 Å². The van der Waals surface area contributed by atoms with Crippen LogP contribution in [-0.4, -0.2) is 21.7 Å². The number of fused-ring (bicyclic) bond motifs is 2. The smallest absolute Gasteiger partial charge is 0.338 e. The highest BCUT2D eigenvalue weighted by molar-refractivity contribution is 7.07. The Balaban J connectivity index is 1.51. The summed E-state index contributed by atoms with van der Waals surface area (Å²) in [5, 5.41) is 0.957. The molecule has 206 valence electrons. The minimum absolute atomic E-state index is 0.165. The number of hydrogen-bond acceptors (Lipinski definition) is 5. The summed E-state index contributed by atoms with van der Waals surface area (Å²) in [6.07, 6.45) is 3.80. The molecular formula is C32H25F2N3O3S. The first-order chi connectivity index (χ1) is 19.8. The van der Waals surface area contributed by atoms with Gasteiger partial charge in [0.05, 0.1) is 28.5 Å². The third-order valence-corrected chi connectivity index (χ3v) is 8.06. The number of nitrogens with zero attached hydrogens (tertiary/aromatic N) is 3. The van der Waals surface area contributed by atoms with E-state index >= 15 is 0 Å². The lowest BCUT2D eigenvalue weighted by Crippen LogP contribution is -2.39. The van der Waals surface area contributed by atoms with Crippen LogP contribution in [-0.2, 0) is 16.1 Å². The molecular weight excluding hydrogens is 544 g/mol. The molecule has 0 amide bonds. The van der Waals surface area contributed by atoms with Crippen molar-refractivity contribution in [3.63, 3.8) is 0 Å². The van der Waals surface area contributed by atoms with Crippen molar-refractivity contribution in [2.75, 3.05) is 6.61 Å². The first kappa shape index (κ1) is 26.6. The van der Waals surface area contributed by atoms with Crippen molar-refractivity contribution in [1.29, 1.82) is 0 Å². The van der Waals surface area contributed by atoms with E-state index in [0.29, 0.717) is 27.1 Å². The number of thiazole rings is 1. The zero-order chi connectivity index (χ0) is 28.7. The fraction of sp³-hybridized carbons (Fsp3) is 0.156. The predicted octanol–water partition coefficient (Wildman–Crippen LogP) is 5.08. The molecule has 0 radical (unpaired) electrons. The predicted molar refractivity (Wildman–Crippen MR) is 154 cm³/mol. The van der Waals surface area contributed by atoms with Crippen LogP contribution in [0, 0.1) is 11.6 Å². The Hall–Kier alpha value is -4.63. The van der Waals surface area contributed by atoms with Crippen molar-refractivity contribution in [2.24, 2.45) is 4.99 Å². The van der Waals surface area contributed by atoms with E-state index in [-0.39, 0.29) is 23.6 Å². The summed E-state index contributed by atoms with van der Waals surface area (Å²) in [4.78, 5) is 32.0. The van der Waals surface area contributed by atoms with Gasteiger partial charge in [0.25, 0.3) is 5.56 Å². The summed E-state index contributed by atoms with van der Waals surface area (Å²) in [7, 11) is 0. The monoisotopic (exact) mass is 569 g/mol. The number of allylic oxidation sites excluding steroid dienone is 1. The van der Waals surface area contributed by atoms with Gasteiger partial charge in [-0.3, -0.25) is 9.36 Å². The quantitative estimate of drug-likeness (QED) is 0.268. The molecule has 0 spiro atoms. The van der Waals surface area contributed by atoms with E-state index in [1.807, 2.05) is 36.5 Å². The lowest BCUT2D eigenvalue weighted by molar-refractivity contribution is -0.139. The number of carbonyl (C=O) groups excluding carboxylic acids is 1. The van der Waals surface area contributed by atoms with Crippen molar-refractivity contribution in [1.82, 2.24) is 9.13 Å². The molecule has 3 heterocycles. The van der Waals surface area contributed by atoms with Crippen molar-refractivity contribution in [3.8, 4) is 0 Å². The Morgan fingerprint density at radius 2 is 1.71 bits per heavy atom. The van der Waals surface area contributed by atoms with Crippen LogP contribution in [0.15, 0.2) is 100 Å². The maximum atomic E-state index is 14.0. The van der Waals surface area contributed by atoms with Crippen LogP contribution < -0.4 is 14.9 Å². The molecule has 0 unspecified atom stereocenters. The topological polar surface area (TPSA) is 65.6 Å². The van der Waals surface area contributed by atoms with Gasteiger partial charge in [-0.25, -0.2) is 18.6 Å².